The maximum atomic E-state index is 11.4. The van der Waals surface area contributed by atoms with Crippen molar-refractivity contribution in [1.82, 2.24) is 10.9 Å². The Kier molecular flexibility index (Phi) is 3.84. The molecule has 4 nitrogen and oxygen atoms in total. The SMILES string of the molecule is CCc1ccc(C(=O)NNC(N)=S)s1. The molecular weight excluding hydrogens is 218 g/mol. The first-order valence-electron chi connectivity index (χ1n) is 4.08. The number of hydrogen-bond donors (Lipinski definition) is 3. The average Bonchev–Trinajstić information content (AvgIpc) is 2.62. The van der Waals surface area contributed by atoms with Crippen LogP contribution in [0.1, 0.15) is 21.5 Å². The summed E-state index contributed by atoms with van der Waals surface area (Å²) in [5.74, 6) is -0.220. The molecule has 0 unspecified atom stereocenters. The lowest BCUT2D eigenvalue weighted by molar-refractivity contribution is 0.0948. The molecule has 1 aromatic rings. The number of thiophene rings is 1. The Labute approximate surface area is 91.5 Å². The van der Waals surface area contributed by atoms with Crippen LogP contribution in [0.25, 0.3) is 0 Å². The van der Waals surface area contributed by atoms with E-state index in [0.717, 1.165) is 6.42 Å². The Balaban J connectivity index is 2.56. The maximum Gasteiger partial charge on any atom is 0.279 e. The molecule has 0 aliphatic carbocycles. The monoisotopic (exact) mass is 229 g/mol. The van der Waals surface area contributed by atoms with Gasteiger partial charge in [0.2, 0.25) is 0 Å². The highest BCUT2D eigenvalue weighted by Crippen LogP contribution is 2.16. The zero-order valence-electron chi connectivity index (χ0n) is 7.66. The molecule has 0 aliphatic rings. The zero-order chi connectivity index (χ0) is 10.6. The van der Waals surface area contributed by atoms with Gasteiger partial charge in [-0.1, -0.05) is 6.92 Å². The molecule has 0 aromatic carbocycles. The second-order valence-corrected chi connectivity index (χ2v) is 4.17. The van der Waals surface area contributed by atoms with Gasteiger partial charge in [0, 0.05) is 4.88 Å². The van der Waals surface area contributed by atoms with Crippen LogP contribution in [0.2, 0.25) is 0 Å². The molecule has 1 rings (SSSR count). The first-order valence-corrected chi connectivity index (χ1v) is 5.30. The Hall–Kier alpha value is -1.14. The van der Waals surface area contributed by atoms with Crippen molar-refractivity contribution in [3.8, 4) is 0 Å². The van der Waals surface area contributed by atoms with Crippen LogP contribution in [-0.4, -0.2) is 11.0 Å². The molecule has 1 amide bonds. The topological polar surface area (TPSA) is 67.2 Å². The van der Waals surface area contributed by atoms with Crippen molar-refractivity contribution in [3.05, 3.63) is 21.9 Å². The van der Waals surface area contributed by atoms with Crippen molar-refractivity contribution < 1.29 is 4.79 Å². The minimum atomic E-state index is -0.220. The molecule has 0 radical (unpaired) electrons. The molecule has 0 fully saturated rings. The summed E-state index contributed by atoms with van der Waals surface area (Å²) in [7, 11) is 0. The molecule has 0 aliphatic heterocycles. The van der Waals surface area contributed by atoms with Gasteiger partial charge < -0.3 is 5.73 Å². The van der Waals surface area contributed by atoms with Gasteiger partial charge in [-0.25, -0.2) is 0 Å². The highest BCUT2D eigenvalue weighted by atomic mass is 32.1. The van der Waals surface area contributed by atoms with Gasteiger partial charge in [0.05, 0.1) is 4.88 Å². The summed E-state index contributed by atoms with van der Waals surface area (Å²) >= 11 is 6.00. The van der Waals surface area contributed by atoms with Crippen molar-refractivity contribution in [2.24, 2.45) is 5.73 Å². The summed E-state index contributed by atoms with van der Waals surface area (Å²) < 4.78 is 0. The van der Waals surface area contributed by atoms with Crippen LogP contribution in [0.15, 0.2) is 12.1 Å². The van der Waals surface area contributed by atoms with E-state index in [9.17, 15) is 4.79 Å². The second-order valence-electron chi connectivity index (χ2n) is 2.56. The van der Waals surface area contributed by atoms with Crippen molar-refractivity contribution in [2.75, 3.05) is 0 Å². The minimum Gasteiger partial charge on any atom is -0.375 e. The fourth-order valence-corrected chi connectivity index (χ4v) is 1.76. The number of aryl methyl sites for hydroxylation is 1. The number of hydrazine groups is 1. The van der Waals surface area contributed by atoms with Gasteiger partial charge in [0.1, 0.15) is 0 Å². The minimum absolute atomic E-state index is 0.0469. The van der Waals surface area contributed by atoms with Gasteiger partial charge >= 0.3 is 0 Å². The van der Waals surface area contributed by atoms with Crippen LogP contribution in [0.4, 0.5) is 0 Å². The highest BCUT2D eigenvalue weighted by Gasteiger charge is 2.07. The number of rotatable bonds is 2. The Morgan fingerprint density at radius 1 is 1.57 bits per heavy atom. The number of carbonyl (C=O) groups is 1. The Morgan fingerprint density at radius 3 is 2.79 bits per heavy atom. The van der Waals surface area contributed by atoms with Crippen molar-refractivity contribution >= 4 is 34.6 Å². The van der Waals surface area contributed by atoms with Crippen LogP contribution in [-0.2, 0) is 6.42 Å². The molecule has 1 heterocycles. The number of amides is 1. The predicted molar refractivity (Wildman–Crippen MR) is 61.1 cm³/mol. The Morgan fingerprint density at radius 2 is 2.29 bits per heavy atom. The third-order valence-electron chi connectivity index (χ3n) is 1.53. The van der Waals surface area contributed by atoms with E-state index in [-0.39, 0.29) is 11.0 Å². The zero-order valence-corrected chi connectivity index (χ0v) is 9.30. The van der Waals surface area contributed by atoms with Crippen LogP contribution in [0, 0.1) is 0 Å². The van der Waals surface area contributed by atoms with Crippen LogP contribution < -0.4 is 16.6 Å². The van der Waals surface area contributed by atoms with Crippen molar-refractivity contribution in [2.45, 2.75) is 13.3 Å². The van der Waals surface area contributed by atoms with Crippen molar-refractivity contribution in [1.29, 1.82) is 0 Å². The highest BCUT2D eigenvalue weighted by molar-refractivity contribution is 7.80. The summed E-state index contributed by atoms with van der Waals surface area (Å²) in [5.41, 5.74) is 9.94. The van der Waals surface area contributed by atoms with E-state index < -0.39 is 0 Å². The molecule has 6 heteroatoms. The van der Waals surface area contributed by atoms with Gasteiger partial charge in [0.15, 0.2) is 5.11 Å². The number of nitrogens with two attached hydrogens (primary N) is 1. The molecule has 1 aromatic heterocycles. The van der Waals surface area contributed by atoms with E-state index in [4.69, 9.17) is 5.73 Å². The predicted octanol–water partition coefficient (Wildman–Crippen LogP) is 0.788. The maximum absolute atomic E-state index is 11.4. The van der Waals surface area contributed by atoms with E-state index in [0.29, 0.717) is 4.88 Å². The largest absolute Gasteiger partial charge is 0.375 e. The lowest BCUT2D eigenvalue weighted by atomic mass is 10.3. The molecule has 4 N–H and O–H groups in total. The van der Waals surface area contributed by atoms with Gasteiger partial charge in [-0.2, -0.15) is 0 Å². The fraction of sp³-hybridized carbons (Fsp3) is 0.250. The smallest absolute Gasteiger partial charge is 0.279 e. The first-order chi connectivity index (χ1) is 6.63. The van der Waals surface area contributed by atoms with Gasteiger partial charge in [-0.05, 0) is 30.8 Å². The number of carbonyl (C=O) groups excluding carboxylic acids is 1. The molecule has 0 saturated carbocycles. The number of thiocarbonyl (C=S) groups is 1. The summed E-state index contributed by atoms with van der Waals surface area (Å²) in [5, 5.41) is 0.0469. The van der Waals surface area contributed by atoms with E-state index >= 15 is 0 Å². The van der Waals surface area contributed by atoms with Gasteiger partial charge in [0.25, 0.3) is 5.91 Å². The normalized spacial score (nSPS) is 9.50. The van der Waals surface area contributed by atoms with Crippen LogP contribution in [0.3, 0.4) is 0 Å². The molecule has 0 atom stereocenters. The van der Waals surface area contributed by atoms with Crippen LogP contribution in [0.5, 0.6) is 0 Å². The molecule has 0 saturated heterocycles. The summed E-state index contributed by atoms with van der Waals surface area (Å²) in [6, 6.07) is 3.71. The fourth-order valence-electron chi connectivity index (χ4n) is 0.870. The quantitative estimate of drug-likeness (QED) is 0.518. The second kappa shape index (κ2) is 4.92. The van der Waals surface area contributed by atoms with E-state index in [1.807, 2.05) is 13.0 Å². The van der Waals surface area contributed by atoms with Crippen LogP contribution >= 0.6 is 23.6 Å². The average molecular weight is 229 g/mol. The first kappa shape index (κ1) is 10.9. The molecule has 0 bridgehead atoms. The molecular formula is C8H11N3OS2. The van der Waals surface area contributed by atoms with Gasteiger partial charge in [-0.3, -0.25) is 15.6 Å². The summed E-state index contributed by atoms with van der Waals surface area (Å²) in [6.45, 7) is 2.04. The summed E-state index contributed by atoms with van der Waals surface area (Å²) in [4.78, 5) is 13.2. The van der Waals surface area contributed by atoms with Crippen molar-refractivity contribution in [3.63, 3.8) is 0 Å². The van der Waals surface area contributed by atoms with E-state index in [1.54, 1.807) is 6.07 Å². The Bertz CT molecular complexity index is 348. The number of nitrogens with one attached hydrogen (secondary N) is 2. The molecule has 76 valence electrons. The number of hydrogen-bond acceptors (Lipinski definition) is 3. The third-order valence-corrected chi connectivity index (χ3v) is 2.86. The summed E-state index contributed by atoms with van der Waals surface area (Å²) in [6.07, 6.45) is 0.931. The molecule has 14 heavy (non-hydrogen) atoms. The lowest BCUT2D eigenvalue weighted by Gasteiger charge is -2.03. The third kappa shape index (κ3) is 2.97. The van der Waals surface area contributed by atoms with Gasteiger partial charge in [-0.15, -0.1) is 11.3 Å². The standard InChI is InChI=1S/C8H11N3OS2/c1-2-5-3-4-6(14-5)7(12)10-11-8(9)13/h3-4H,2H2,1H3,(H,10,12)(H3,9,11,13). The van der Waals surface area contributed by atoms with E-state index in [2.05, 4.69) is 23.1 Å². The lowest BCUT2D eigenvalue weighted by Crippen LogP contribution is -2.44. The van der Waals surface area contributed by atoms with E-state index in [1.165, 1.54) is 16.2 Å². The molecule has 0 spiro atoms.